The number of fused-ring (bicyclic) bond motifs is 3. The zero-order valence-corrected chi connectivity index (χ0v) is 27.1. The molecular formula is C36H38N4O5S. The van der Waals surface area contributed by atoms with Crippen molar-refractivity contribution in [3.05, 3.63) is 87.6 Å². The molecule has 0 saturated heterocycles. The number of aromatic carboxylic acids is 1. The third-order valence-corrected chi connectivity index (χ3v) is 10.0. The average Bonchev–Trinajstić information content (AvgIpc) is 3.43. The fraction of sp³-hybridized carbons (Fsp3) is 0.333. The molecule has 2 aromatic carbocycles. The van der Waals surface area contributed by atoms with Gasteiger partial charge >= 0.3 is 5.97 Å². The maximum atomic E-state index is 14.1. The number of anilines is 1. The molecule has 2 amide bonds. The molecule has 0 unspecified atom stereocenters. The van der Waals surface area contributed by atoms with Crippen molar-refractivity contribution >= 4 is 34.8 Å². The number of thiophene rings is 1. The van der Waals surface area contributed by atoms with Crippen molar-refractivity contribution in [3.63, 3.8) is 0 Å². The van der Waals surface area contributed by atoms with Crippen molar-refractivity contribution in [3.8, 4) is 27.3 Å². The average molecular weight is 639 g/mol. The highest BCUT2D eigenvalue weighted by atomic mass is 32.1. The van der Waals surface area contributed by atoms with Gasteiger partial charge in [0.15, 0.2) is 5.69 Å². The molecular weight excluding hydrogens is 600 g/mol. The number of ether oxygens (including phenoxy) is 1. The topological polar surface area (TPSA) is 144 Å². The van der Waals surface area contributed by atoms with Crippen LogP contribution in [0.25, 0.3) is 21.6 Å². The molecule has 2 aliphatic rings. The standard InChI is InChI=1S/C36H38N4O5S/c1-20-16-21(19-37)4-6-28(20)40-33(41)26-17-27-30(45-14-10-22-11-15-46-32(22)27)18-25(26)24-5-7-29(39-31(24)35(43)44)34(42)38-23-8-12-36(2,3)13-9-23/h4-7,11,15-18,23H,8-10,12-14,19,37H2,1-3H3,(H,38,42)(H,40,41)(H,43,44). The predicted molar refractivity (Wildman–Crippen MR) is 180 cm³/mol. The number of hydrogen-bond donors (Lipinski definition) is 4. The van der Waals surface area contributed by atoms with Gasteiger partial charge in [0, 0.05) is 51.8 Å². The number of nitrogens with one attached hydrogen (secondary N) is 2. The van der Waals surface area contributed by atoms with Crippen LogP contribution in [0.3, 0.4) is 0 Å². The summed E-state index contributed by atoms with van der Waals surface area (Å²) in [5, 5.41) is 18.4. The first kappa shape index (κ1) is 31.4. The summed E-state index contributed by atoms with van der Waals surface area (Å²) in [7, 11) is 0. The van der Waals surface area contributed by atoms with Crippen molar-refractivity contribution in [1.29, 1.82) is 0 Å². The Morgan fingerprint density at radius 3 is 2.52 bits per heavy atom. The first-order valence-corrected chi connectivity index (χ1v) is 16.4. The largest absolute Gasteiger partial charge is 0.493 e. The van der Waals surface area contributed by atoms with E-state index in [4.69, 9.17) is 10.5 Å². The molecule has 4 aromatic rings. The van der Waals surface area contributed by atoms with E-state index in [0.717, 1.165) is 52.8 Å². The third kappa shape index (κ3) is 6.41. The van der Waals surface area contributed by atoms with Gasteiger partial charge in [-0.2, -0.15) is 0 Å². The summed E-state index contributed by atoms with van der Waals surface area (Å²) >= 11 is 1.57. The predicted octanol–water partition coefficient (Wildman–Crippen LogP) is 6.83. The second-order valence-corrected chi connectivity index (χ2v) is 13.8. The number of carboxylic acid groups (broad SMARTS) is 1. The maximum absolute atomic E-state index is 14.1. The molecule has 9 nitrogen and oxygen atoms in total. The van der Waals surface area contributed by atoms with Crippen LogP contribution < -0.4 is 21.1 Å². The van der Waals surface area contributed by atoms with Gasteiger partial charge in [0.05, 0.1) is 6.61 Å². The number of nitrogens with zero attached hydrogens (tertiary/aromatic N) is 1. The molecule has 1 saturated carbocycles. The van der Waals surface area contributed by atoms with Crippen molar-refractivity contribution in [2.75, 3.05) is 11.9 Å². The molecule has 1 fully saturated rings. The SMILES string of the molecule is Cc1cc(CN)ccc1NC(=O)c1cc2c(cc1-c1ccc(C(=O)NC3CCC(C)(C)CC3)nc1C(=O)O)OCCc1ccsc1-2. The molecule has 238 valence electrons. The lowest BCUT2D eigenvalue weighted by Gasteiger charge is -2.34. The Balaban J connectivity index is 1.41. The highest BCUT2D eigenvalue weighted by Crippen LogP contribution is 2.43. The van der Waals surface area contributed by atoms with E-state index in [1.165, 1.54) is 6.07 Å². The zero-order chi connectivity index (χ0) is 32.6. The summed E-state index contributed by atoms with van der Waals surface area (Å²) in [4.78, 5) is 45.2. The van der Waals surface area contributed by atoms with Gasteiger partial charge < -0.3 is 26.2 Å². The number of aryl methyl sites for hydroxylation is 1. The Kier molecular flexibility index (Phi) is 8.67. The van der Waals surface area contributed by atoms with Gasteiger partial charge in [-0.15, -0.1) is 11.3 Å². The van der Waals surface area contributed by atoms with Gasteiger partial charge in [-0.3, -0.25) is 9.59 Å². The Bertz CT molecular complexity index is 1840. The minimum absolute atomic E-state index is 0.0109. The van der Waals surface area contributed by atoms with Crippen LogP contribution in [0.15, 0.2) is 53.9 Å². The molecule has 1 aliphatic carbocycles. The molecule has 0 spiro atoms. The monoisotopic (exact) mass is 638 g/mol. The van der Waals surface area contributed by atoms with Crippen LogP contribution in [0.4, 0.5) is 5.69 Å². The summed E-state index contributed by atoms with van der Waals surface area (Å²) < 4.78 is 6.14. The van der Waals surface area contributed by atoms with Gasteiger partial charge in [-0.05, 0) is 96.5 Å². The highest BCUT2D eigenvalue weighted by Gasteiger charge is 2.30. The lowest BCUT2D eigenvalue weighted by molar-refractivity contribution is 0.0691. The lowest BCUT2D eigenvalue weighted by Crippen LogP contribution is -2.39. The minimum atomic E-state index is -1.31. The van der Waals surface area contributed by atoms with Crippen LogP contribution in [-0.2, 0) is 13.0 Å². The Hall–Kier alpha value is -4.54. The summed E-state index contributed by atoms with van der Waals surface area (Å²) in [6, 6.07) is 14.2. The van der Waals surface area contributed by atoms with E-state index in [0.29, 0.717) is 36.6 Å². The van der Waals surface area contributed by atoms with E-state index in [1.807, 2.05) is 30.5 Å². The molecule has 6 rings (SSSR count). The number of carboxylic acids is 1. The quantitative estimate of drug-likeness (QED) is 0.174. The van der Waals surface area contributed by atoms with Crippen molar-refractivity contribution in [2.45, 2.75) is 65.5 Å². The molecule has 46 heavy (non-hydrogen) atoms. The van der Waals surface area contributed by atoms with Crippen LogP contribution in [-0.4, -0.2) is 40.5 Å². The summed E-state index contributed by atoms with van der Waals surface area (Å²) in [5.41, 5.74) is 10.9. The zero-order valence-electron chi connectivity index (χ0n) is 26.2. The molecule has 3 heterocycles. The van der Waals surface area contributed by atoms with Crippen LogP contribution in [0.1, 0.15) is 87.6 Å². The van der Waals surface area contributed by atoms with E-state index in [2.05, 4.69) is 35.5 Å². The van der Waals surface area contributed by atoms with Gasteiger partial charge in [-0.25, -0.2) is 9.78 Å². The number of rotatable bonds is 7. The molecule has 1 aliphatic heterocycles. The summed E-state index contributed by atoms with van der Waals surface area (Å²) in [5.74, 6) is -1.58. The van der Waals surface area contributed by atoms with E-state index < -0.39 is 17.8 Å². The fourth-order valence-corrected chi connectivity index (χ4v) is 7.26. The molecule has 0 radical (unpaired) electrons. The van der Waals surface area contributed by atoms with Crippen LogP contribution in [0.2, 0.25) is 0 Å². The molecule has 10 heteroatoms. The number of hydrogen-bond acceptors (Lipinski definition) is 7. The van der Waals surface area contributed by atoms with Crippen molar-refractivity contribution in [1.82, 2.24) is 10.3 Å². The highest BCUT2D eigenvalue weighted by molar-refractivity contribution is 7.13. The normalized spacial score (nSPS) is 15.6. The number of amides is 2. The van der Waals surface area contributed by atoms with Gasteiger partial charge in [-0.1, -0.05) is 26.0 Å². The second-order valence-electron chi connectivity index (χ2n) is 12.9. The van der Waals surface area contributed by atoms with E-state index in [9.17, 15) is 19.5 Å². The number of carbonyl (C=O) groups is 3. The summed E-state index contributed by atoms with van der Waals surface area (Å²) in [6.45, 7) is 7.17. The van der Waals surface area contributed by atoms with Crippen molar-refractivity contribution < 1.29 is 24.2 Å². The number of aromatic nitrogens is 1. The van der Waals surface area contributed by atoms with Crippen LogP contribution >= 0.6 is 11.3 Å². The van der Waals surface area contributed by atoms with Crippen LogP contribution in [0, 0.1) is 12.3 Å². The Morgan fingerprint density at radius 1 is 1.02 bits per heavy atom. The fourth-order valence-electron chi connectivity index (χ4n) is 6.28. The Morgan fingerprint density at radius 2 is 1.80 bits per heavy atom. The van der Waals surface area contributed by atoms with E-state index >= 15 is 0 Å². The van der Waals surface area contributed by atoms with Crippen LogP contribution in [0.5, 0.6) is 5.75 Å². The number of carbonyl (C=O) groups excluding carboxylic acids is 2. The molecule has 2 aromatic heterocycles. The van der Waals surface area contributed by atoms with Crippen molar-refractivity contribution in [2.24, 2.45) is 11.1 Å². The first-order chi connectivity index (χ1) is 22.0. The first-order valence-electron chi connectivity index (χ1n) is 15.6. The molecule has 0 bridgehead atoms. The molecule has 5 N–H and O–H groups in total. The number of nitrogens with two attached hydrogens (primary N) is 1. The van der Waals surface area contributed by atoms with Gasteiger partial charge in [0.2, 0.25) is 0 Å². The maximum Gasteiger partial charge on any atom is 0.355 e. The second kappa shape index (κ2) is 12.7. The third-order valence-electron chi connectivity index (χ3n) is 9.05. The minimum Gasteiger partial charge on any atom is -0.493 e. The lowest BCUT2D eigenvalue weighted by atomic mass is 9.75. The van der Waals surface area contributed by atoms with Gasteiger partial charge in [0.1, 0.15) is 11.4 Å². The Labute approximate surface area is 272 Å². The van der Waals surface area contributed by atoms with E-state index in [-0.39, 0.29) is 34.0 Å². The summed E-state index contributed by atoms with van der Waals surface area (Å²) in [6.07, 6.45) is 4.42. The number of pyridine rings is 1. The molecule has 0 atom stereocenters. The smallest absolute Gasteiger partial charge is 0.355 e. The van der Waals surface area contributed by atoms with Gasteiger partial charge in [0.25, 0.3) is 11.8 Å². The van der Waals surface area contributed by atoms with E-state index in [1.54, 1.807) is 29.5 Å². The number of benzene rings is 2.